The first-order valence-electron chi connectivity index (χ1n) is 7.49. The Morgan fingerprint density at radius 1 is 1.05 bits per heavy atom. The van der Waals surface area contributed by atoms with E-state index in [-0.39, 0.29) is 35.5 Å². The van der Waals surface area contributed by atoms with Crippen molar-refractivity contribution in [2.24, 2.45) is 23.7 Å². The van der Waals surface area contributed by atoms with Crippen molar-refractivity contribution in [2.75, 3.05) is 4.90 Å². The van der Waals surface area contributed by atoms with E-state index in [1.807, 2.05) is 24.3 Å². The Balaban J connectivity index is 1.78. The number of carbonyl (C=O) groups is 2. The van der Waals surface area contributed by atoms with Crippen molar-refractivity contribution in [1.29, 1.82) is 0 Å². The number of nitrogens with zero attached hydrogens (tertiary/aromatic N) is 1. The normalized spacial score (nSPS) is 32.1. The summed E-state index contributed by atoms with van der Waals surface area (Å²) in [6.45, 7) is 4.15. The first kappa shape index (κ1) is 13.9. The van der Waals surface area contributed by atoms with Gasteiger partial charge in [0.15, 0.2) is 0 Å². The Kier molecular flexibility index (Phi) is 2.95. The van der Waals surface area contributed by atoms with Crippen LogP contribution in [0.25, 0.3) is 0 Å². The third-order valence-electron chi connectivity index (χ3n) is 5.06. The SMILES string of the molecule is CC(C)=C1C2C=CC1[C@@H]1C(=O)N(c3cccc(Br)c3)C(=O)C21. The van der Waals surface area contributed by atoms with E-state index in [0.717, 1.165) is 4.47 Å². The number of benzene rings is 1. The highest BCUT2D eigenvalue weighted by molar-refractivity contribution is 9.10. The van der Waals surface area contributed by atoms with Crippen molar-refractivity contribution < 1.29 is 9.59 Å². The topological polar surface area (TPSA) is 37.4 Å². The summed E-state index contributed by atoms with van der Waals surface area (Å²) in [7, 11) is 0. The summed E-state index contributed by atoms with van der Waals surface area (Å²) in [4.78, 5) is 27.2. The van der Waals surface area contributed by atoms with Gasteiger partial charge in [0.1, 0.15) is 0 Å². The van der Waals surface area contributed by atoms with E-state index in [2.05, 4.69) is 41.9 Å². The first-order chi connectivity index (χ1) is 10.5. The van der Waals surface area contributed by atoms with E-state index >= 15 is 0 Å². The second kappa shape index (κ2) is 4.66. The fourth-order valence-electron chi connectivity index (χ4n) is 4.30. The zero-order valence-corrected chi connectivity index (χ0v) is 14.0. The zero-order chi connectivity index (χ0) is 15.6. The molecule has 2 fully saturated rings. The largest absolute Gasteiger partial charge is 0.274 e. The van der Waals surface area contributed by atoms with Crippen molar-refractivity contribution in [3.05, 3.63) is 52.0 Å². The fourth-order valence-corrected chi connectivity index (χ4v) is 4.69. The fraction of sp³-hybridized carbons (Fsp3) is 0.333. The van der Waals surface area contributed by atoms with Gasteiger partial charge in [0.05, 0.1) is 17.5 Å². The Hall–Kier alpha value is -1.68. The van der Waals surface area contributed by atoms with E-state index in [0.29, 0.717) is 5.69 Å². The summed E-state index contributed by atoms with van der Waals surface area (Å²) in [5, 5.41) is 0. The van der Waals surface area contributed by atoms with Crippen molar-refractivity contribution in [1.82, 2.24) is 0 Å². The lowest BCUT2D eigenvalue weighted by Crippen LogP contribution is -2.33. The van der Waals surface area contributed by atoms with Crippen LogP contribution in [0.3, 0.4) is 0 Å². The lowest BCUT2D eigenvalue weighted by molar-refractivity contribution is -0.122. The molecule has 112 valence electrons. The number of fused-ring (bicyclic) bond motifs is 5. The van der Waals surface area contributed by atoms with Crippen LogP contribution < -0.4 is 4.90 Å². The van der Waals surface area contributed by atoms with E-state index in [1.54, 1.807) is 0 Å². The van der Waals surface area contributed by atoms with Crippen molar-refractivity contribution in [3.8, 4) is 0 Å². The second-order valence-corrected chi connectivity index (χ2v) is 7.35. The maximum Gasteiger partial charge on any atom is 0.238 e. The molecule has 1 aromatic rings. The molecule has 1 aromatic carbocycles. The van der Waals surface area contributed by atoms with Crippen LogP contribution in [0.1, 0.15) is 13.8 Å². The van der Waals surface area contributed by atoms with Crippen molar-refractivity contribution in [3.63, 3.8) is 0 Å². The molecule has 2 amide bonds. The summed E-state index contributed by atoms with van der Waals surface area (Å²) in [6.07, 6.45) is 4.23. The Morgan fingerprint density at radius 3 is 2.14 bits per heavy atom. The van der Waals surface area contributed by atoms with E-state index in [9.17, 15) is 9.59 Å². The number of rotatable bonds is 1. The first-order valence-corrected chi connectivity index (χ1v) is 8.29. The van der Waals surface area contributed by atoms with Gasteiger partial charge in [-0.3, -0.25) is 9.59 Å². The highest BCUT2D eigenvalue weighted by Gasteiger charge is 2.61. The minimum atomic E-state index is -0.216. The van der Waals surface area contributed by atoms with E-state index in [1.165, 1.54) is 16.0 Å². The monoisotopic (exact) mass is 357 g/mol. The van der Waals surface area contributed by atoms with Crippen LogP contribution in [0.2, 0.25) is 0 Å². The van der Waals surface area contributed by atoms with Gasteiger partial charge in [0.2, 0.25) is 11.8 Å². The van der Waals surface area contributed by atoms with Gasteiger partial charge in [-0.2, -0.15) is 0 Å². The third kappa shape index (κ3) is 1.67. The van der Waals surface area contributed by atoms with Gasteiger partial charge in [-0.05, 0) is 32.0 Å². The lowest BCUT2D eigenvalue weighted by Gasteiger charge is -2.19. The summed E-state index contributed by atoms with van der Waals surface area (Å²) in [5.74, 6) is -0.327. The predicted molar refractivity (Wildman–Crippen MR) is 88.1 cm³/mol. The van der Waals surface area contributed by atoms with Crippen LogP contribution >= 0.6 is 15.9 Å². The second-order valence-electron chi connectivity index (χ2n) is 6.44. The minimum absolute atomic E-state index is 0.0521. The zero-order valence-electron chi connectivity index (χ0n) is 12.4. The average Bonchev–Trinajstić information content (AvgIpc) is 3.09. The number of carbonyl (C=O) groups excluding carboxylic acids is 2. The third-order valence-corrected chi connectivity index (χ3v) is 5.55. The van der Waals surface area contributed by atoms with E-state index in [4.69, 9.17) is 0 Å². The molecule has 3 aliphatic rings. The molecule has 0 N–H and O–H groups in total. The maximum atomic E-state index is 12.9. The van der Waals surface area contributed by atoms with Crippen LogP contribution in [0.4, 0.5) is 5.69 Å². The van der Waals surface area contributed by atoms with Crippen molar-refractivity contribution in [2.45, 2.75) is 13.8 Å². The summed E-state index contributed by atoms with van der Waals surface area (Å²) in [5.41, 5.74) is 3.19. The number of anilines is 1. The van der Waals surface area contributed by atoms with Crippen LogP contribution in [-0.2, 0) is 9.59 Å². The number of imide groups is 1. The van der Waals surface area contributed by atoms with Gasteiger partial charge in [-0.15, -0.1) is 0 Å². The highest BCUT2D eigenvalue weighted by Crippen LogP contribution is 2.57. The van der Waals surface area contributed by atoms with Gasteiger partial charge in [0, 0.05) is 16.3 Å². The molecule has 0 radical (unpaired) electrons. The average molecular weight is 358 g/mol. The quantitative estimate of drug-likeness (QED) is 0.567. The summed E-state index contributed by atoms with van der Waals surface area (Å²) < 4.78 is 0.869. The van der Waals surface area contributed by atoms with E-state index < -0.39 is 0 Å². The smallest absolute Gasteiger partial charge is 0.238 e. The number of halogens is 1. The molecule has 22 heavy (non-hydrogen) atoms. The number of hydrogen-bond acceptors (Lipinski definition) is 2. The predicted octanol–water partition coefficient (Wildman–Crippen LogP) is 3.71. The standard InChI is InChI=1S/C18H16BrNO2/c1-9(2)14-12-6-7-13(14)16-15(12)17(21)20(18(16)22)11-5-3-4-10(19)8-11/h3-8,12-13,15-16H,1-2H3/t12?,13?,15-,16?/m0/s1. The molecular weight excluding hydrogens is 342 g/mol. The van der Waals surface area contributed by atoms with Crippen LogP contribution in [-0.4, -0.2) is 11.8 Å². The molecule has 0 spiro atoms. The van der Waals surface area contributed by atoms with Crippen LogP contribution in [0.5, 0.6) is 0 Å². The Labute approximate surface area is 137 Å². The molecule has 4 atom stereocenters. The molecule has 0 aromatic heterocycles. The molecule has 3 nitrogen and oxygen atoms in total. The van der Waals surface area contributed by atoms with Crippen LogP contribution in [0.15, 0.2) is 52.0 Å². The molecule has 2 bridgehead atoms. The molecule has 1 saturated carbocycles. The molecule has 4 heteroatoms. The minimum Gasteiger partial charge on any atom is -0.274 e. The van der Waals surface area contributed by atoms with Crippen LogP contribution in [0, 0.1) is 23.7 Å². The number of hydrogen-bond donors (Lipinski definition) is 0. The molecule has 2 aliphatic carbocycles. The molecule has 1 heterocycles. The highest BCUT2D eigenvalue weighted by atomic mass is 79.9. The maximum absolute atomic E-state index is 12.9. The number of allylic oxidation sites excluding steroid dienone is 4. The molecule has 4 rings (SSSR count). The number of amides is 2. The summed E-state index contributed by atoms with van der Waals surface area (Å²) >= 11 is 3.41. The van der Waals surface area contributed by atoms with Crippen molar-refractivity contribution >= 4 is 33.4 Å². The molecular formula is C18H16BrNO2. The molecule has 3 unspecified atom stereocenters. The summed E-state index contributed by atoms with van der Waals surface area (Å²) in [6, 6.07) is 7.39. The Bertz CT molecular complexity index is 726. The van der Waals surface area contributed by atoms with Gasteiger partial charge >= 0.3 is 0 Å². The Morgan fingerprint density at radius 2 is 1.64 bits per heavy atom. The molecule has 1 aliphatic heterocycles. The molecule has 1 saturated heterocycles. The lowest BCUT2D eigenvalue weighted by atomic mass is 9.85. The van der Waals surface area contributed by atoms with Gasteiger partial charge in [-0.1, -0.05) is 45.3 Å². The van der Waals surface area contributed by atoms with Gasteiger partial charge in [-0.25, -0.2) is 4.90 Å². The van der Waals surface area contributed by atoms with Gasteiger partial charge in [0.25, 0.3) is 0 Å². The van der Waals surface area contributed by atoms with Gasteiger partial charge < -0.3 is 0 Å².